The highest BCUT2D eigenvalue weighted by Gasteiger charge is 2.25. The third kappa shape index (κ3) is 4.54. The van der Waals surface area contributed by atoms with E-state index in [9.17, 15) is 9.59 Å². The zero-order valence-corrected chi connectivity index (χ0v) is 17.0. The summed E-state index contributed by atoms with van der Waals surface area (Å²) in [5, 5.41) is 2.90. The molecule has 0 atom stereocenters. The van der Waals surface area contributed by atoms with Gasteiger partial charge in [0.1, 0.15) is 0 Å². The summed E-state index contributed by atoms with van der Waals surface area (Å²) < 4.78 is 0. The Kier molecular flexibility index (Phi) is 5.84. The van der Waals surface area contributed by atoms with Crippen LogP contribution in [-0.4, -0.2) is 39.8 Å². The lowest BCUT2D eigenvalue weighted by molar-refractivity contribution is -0.122. The van der Waals surface area contributed by atoms with Crippen LogP contribution in [0.25, 0.3) is 11.4 Å². The summed E-state index contributed by atoms with van der Waals surface area (Å²) in [6.45, 7) is 3.03. The van der Waals surface area contributed by atoms with Gasteiger partial charge in [-0.3, -0.25) is 9.59 Å². The van der Waals surface area contributed by atoms with Crippen LogP contribution in [0, 0.1) is 6.92 Å². The Labute approximate surface area is 176 Å². The third-order valence-corrected chi connectivity index (χ3v) is 5.20. The first-order chi connectivity index (χ1) is 14.6. The number of benzene rings is 2. The number of amides is 2. The Bertz CT molecular complexity index is 1050. The van der Waals surface area contributed by atoms with E-state index in [0.29, 0.717) is 30.9 Å². The second kappa shape index (κ2) is 8.86. The molecule has 6 heteroatoms. The van der Waals surface area contributed by atoms with Gasteiger partial charge in [-0.05, 0) is 25.3 Å². The second-order valence-corrected chi connectivity index (χ2v) is 7.51. The molecule has 6 nitrogen and oxygen atoms in total. The van der Waals surface area contributed by atoms with Crippen molar-refractivity contribution in [2.24, 2.45) is 0 Å². The number of nitrogens with zero attached hydrogens (tertiary/aromatic N) is 3. The molecule has 2 heterocycles. The van der Waals surface area contributed by atoms with Crippen LogP contribution in [0.3, 0.4) is 0 Å². The molecule has 0 spiro atoms. The molecule has 0 aliphatic carbocycles. The first kappa shape index (κ1) is 19.8. The van der Waals surface area contributed by atoms with Crippen molar-refractivity contribution in [3.05, 3.63) is 83.2 Å². The number of hydrogen-bond donors (Lipinski definition) is 1. The number of hydrogen-bond acceptors (Lipinski definition) is 4. The molecular weight excluding hydrogens is 376 g/mol. The van der Waals surface area contributed by atoms with Gasteiger partial charge in [0, 0.05) is 24.8 Å². The first-order valence-electron chi connectivity index (χ1n) is 10.1. The van der Waals surface area contributed by atoms with Gasteiger partial charge in [0.2, 0.25) is 5.91 Å². The fourth-order valence-electron chi connectivity index (χ4n) is 3.51. The summed E-state index contributed by atoms with van der Waals surface area (Å²) >= 11 is 0. The molecule has 3 aromatic rings. The van der Waals surface area contributed by atoms with Gasteiger partial charge in [-0.1, -0.05) is 60.2 Å². The number of carbonyl (C=O) groups is 2. The van der Waals surface area contributed by atoms with Crippen molar-refractivity contribution in [1.82, 2.24) is 20.2 Å². The molecular formula is C24H24N4O2. The van der Waals surface area contributed by atoms with E-state index >= 15 is 0 Å². The van der Waals surface area contributed by atoms with Gasteiger partial charge >= 0.3 is 0 Å². The van der Waals surface area contributed by atoms with Crippen LogP contribution in [0.4, 0.5) is 0 Å². The Morgan fingerprint density at radius 1 is 1.10 bits per heavy atom. The Balaban J connectivity index is 1.43. The number of aromatic nitrogens is 2. The minimum Gasteiger partial charge on any atom is -0.350 e. The zero-order chi connectivity index (χ0) is 20.9. The third-order valence-electron chi connectivity index (χ3n) is 5.20. The lowest BCUT2D eigenvalue weighted by atomic mass is 10.1. The van der Waals surface area contributed by atoms with Crippen molar-refractivity contribution in [3.63, 3.8) is 0 Å². The van der Waals surface area contributed by atoms with Crippen LogP contribution in [0.5, 0.6) is 0 Å². The van der Waals surface area contributed by atoms with E-state index in [1.165, 1.54) is 5.56 Å². The zero-order valence-electron chi connectivity index (χ0n) is 17.0. The highest BCUT2D eigenvalue weighted by atomic mass is 16.2. The number of aryl methyl sites for hydroxylation is 2. The summed E-state index contributed by atoms with van der Waals surface area (Å²) in [5.74, 6) is 0.258. The van der Waals surface area contributed by atoms with E-state index in [-0.39, 0.29) is 18.4 Å². The molecule has 0 bridgehead atoms. The van der Waals surface area contributed by atoms with E-state index in [0.717, 1.165) is 23.2 Å². The minimum absolute atomic E-state index is 0.0323. The van der Waals surface area contributed by atoms with Gasteiger partial charge in [-0.25, -0.2) is 9.97 Å². The van der Waals surface area contributed by atoms with Crippen LogP contribution in [-0.2, 0) is 17.8 Å². The smallest absolute Gasteiger partial charge is 0.257 e. The van der Waals surface area contributed by atoms with Gasteiger partial charge < -0.3 is 10.2 Å². The van der Waals surface area contributed by atoms with Gasteiger partial charge in [-0.2, -0.15) is 0 Å². The highest BCUT2D eigenvalue weighted by molar-refractivity contribution is 5.97. The highest BCUT2D eigenvalue weighted by Crippen LogP contribution is 2.20. The van der Waals surface area contributed by atoms with Gasteiger partial charge in [-0.15, -0.1) is 0 Å². The molecule has 152 valence electrons. The van der Waals surface area contributed by atoms with Gasteiger partial charge in [0.05, 0.1) is 17.8 Å². The maximum Gasteiger partial charge on any atom is 0.257 e. The topological polar surface area (TPSA) is 75.2 Å². The van der Waals surface area contributed by atoms with Crippen LogP contribution in [0.15, 0.2) is 60.8 Å². The Morgan fingerprint density at radius 2 is 1.87 bits per heavy atom. The van der Waals surface area contributed by atoms with Crippen LogP contribution in [0.1, 0.15) is 33.6 Å². The van der Waals surface area contributed by atoms with Crippen LogP contribution < -0.4 is 5.32 Å². The molecule has 2 amide bonds. The first-order valence-corrected chi connectivity index (χ1v) is 10.1. The molecule has 1 aliphatic heterocycles. The van der Waals surface area contributed by atoms with Crippen molar-refractivity contribution in [2.45, 2.75) is 26.3 Å². The van der Waals surface area contributed by atoms with Crippen molar-refractivity contribution in [3.8, 4) is 11.4 Å². The summed E-state index contributed by atoms with van der Waals surface area (Å²) in [6, 6.07) is 17.7. The van der Waals surface area contributed by atoms with Crippen LogP contribution in [0.2, 0.25) is 0 Å². The Morgan fingerprint density at radius 3 is 2.63 bits per heavy atom. The molecule has 1 aliphatic rings. The number of rotatable bonds is 5. The standard InChI is InChI=1S/C24H24N4O2/c1-17-9-11-18(12-10-17)14-25-22(29)16-28-13-5-8-21-20(24(28)30)15-26-23(27-21)19-6-3-2-4-7-19/h2-4,6-7,9-12,15H,5,8,13-14,16H2,1H3,(H,25,29). The van der Waals surface area contributed by atoms with Gasteiger partial charge in [0.15, 0.2) is 5.82 Å². The molecule has 0 saturated carbocycles. The van der Waals surface area contributed by atoms with Crippen molar-refractivity contribution in [2.75, 3.05) is 13.1 Å². The van der Waals surface area contributed by atoms with Gasteiger partial charge in [0.25, 0.3) is 5.91 Å². The lowest BCUT2D eigenvalue weighted by Crippen LogP contribution is -2.40. The van der Waals surface area contributed by atoms with Crippen molar-refractivity contribution < 1.29 is 9.59 Å². The van der Waals surface area contributed by atoms with Crippen LogP contribution >= 0.6 is 0 Å². The monoisotopic (exact) mass is 400 g/mol. The predicted molar refractivity (Wildman–Crippen MR) is 115 cm³/mol. The molecule has 1 N–H and O–H groups in total. The average Bonchev–Trinajstić information content (AvgIpc) is 2.92. The fraction of sp³-hybridized carbons (Fsp3) is 0.250. The second-order valence-electron chi connectivity index (χ2n) is 7.51. The minimum atomic E-state index is -0.187. The molecule has 1 aromatic heterocycles. The quantitative estimate of drug-likeness (QED) is 0.714. The molecule has 0 fully saturated rings. The fourth-order valence-corrected chi connectivity index (χ4v) is 3.51. The van der Waals surface area contributed by atoms with Crippen molar-refractivity contribution in [1.29, 1.82) is 0 Å². The number of carbonyl (C=O) groups excluding carboxylic acids is 2. The number of fused-ring (bicyclic) bond motifs is 1. The molecule has 0 saturated heterocycles. The molecule has 30 heavy (non-hydrogen) atoms. The normalized spacial score (nSPS) is 13.5. The maximum atomic E-state index is 13.0. The summed E-state index contributed by atoms with van der Waals surface area (Å²) in [7, 11) is 0. The van der Waals surface area contributed by atoms with E-state index in [1.807, 2.05) is 61.5 Å². The summed E-state index contributed by atoms with van der Waals surface area (Å²) in [6.07, 6.45) is 3.04. The lowest BCUT2D eigenvalue weighted by Gasteiger charge is -2.20. The Hall–Kier alpha value is -3.54. The van der Waals surface area contributed by atoms with E-state index < -0.39 is 0 Å². The number of nitrogens with one attached hydrogen (secondary N) is 1. The average molecular weight is 400 g/mol. The van der Waals surface area contributed by atoms with E-state index in [1.54, 1.807) is 11.1 Å². The van der Waals surface area contributed by atoms with E-state index in [2.05, 4.69) is 15.3 Å². The molecule has 0 radical (unpaired) electrons. The summed E-state index contributed by atoms with van der Waals surface area (Å²) in [5.41, 5.74) is 4.36. The van der Waals surface area contributed by atoms with E-state index in [4.69, 9.17) is 0 Å². The molecule has 4 rings (SSSR count). The maximum absolute atomic E-state index is 13.0. The molecule has 0 unspecified atom stereocenters. The molecule has 2 aromatic carbocycles. The van der Waals surface area contributed by atoms with Crippen molar-refractivity contribution >= 4 is 11.8 Å². The largest absolute Gasteiger partial charge is 0.350 e. The summed E-state index contributed by atoms with van der Waals surface area (Å²) in [4.78, 5) is 36.0. The SMILES string of the molecule is Cc1ccc(CNC(=O)CN2CCCc3nc(-c4ccccc4)ncc3C2=O)cc1. The predicted octanol–water partition coefficient (Wildman–Crippen LogP) is 3.16.